The number of rotatable bonds is 16. The van der Waals surface area contributed by atoms with Crippen molar-refractivity contribution in [3.8, 4) is 46.0 Å². The molecule has 0 amide bonds. The van der Waals surface area contributed by atoms with Crippen LogP contribution < -0.4 is 41.9 Å². The molecule has 0 spiro atoms. The van der Waals surface area contributed by atoms with Crippen molar-refractivity contribution < 1.29 is 38.1 Å². The largest absolute Gasteiger partial charge is 0.455 e. The van der Waals surface area contributed by atoms with E-state index in [1.165, 1.54) is 0 Å². The number of benzene rings is 10. The van der Waals surface area contributed by atoms with Crippen molar-refractivity contribution in [3.63, 3.8) is 0 Å². The fourth-order valence-electron chi connectivity index (χ4n) is 7.80. The molecule has 372 valence electrons. The molecule has 10 rings (SSSR count). The van der Waals surface area contributed by atoms with Crippen LogP contribution in [0.3, 0.4) is 0 Å². The van der Waals surface area contributed by atoms with Crippen molar-refractivity contribution in [1.29, 1.82) is 0 Å². The van der Waals surface area contributed by atoms with Gasteiger partial charge in [0.1, 0.15) is 34.5 Å². The SMILES string of the molecule is Nc1cc(C(=O)c2ccc(C(=O)c3ccc(Oc4ccccc4)c(N)c3)cc2)ccc1Oc1ccccc1.Nc1ccc(C(=O)c2cccc(C(=O)c3ccc(N)c(Oc4ccccc4)c3)c2)cc1Oc1ccccc1. The maximum absolute atomic E-state index is 13.3. The number of hydrogen-bond donors (Lipinski definition) is 4. The van der Waals surface area contributed by atoms with E-state index in [1.54, 1.807) is 146 Å². The van der Waals surface area contributed by atoms with Gasteiger partial charge in [-0.3, -0.25) is 19.2 Å². The van der Waals surface area contributed by atoms with Crippen molar-refractivity contribution in [1.82, 2.24) is 0 Å². The summed E-state index contributed by atoms with van der Waals surface area (Å²) in [4.78, 5) is 52.7. The standard InChI is InChI=1S/2C32H24N2O4/c33-27-16-14-23(19-29(27)37-25-10-3-1-4-11-25)31(35)21-8-7-9-22(18-21)32(36)24-15-17-28(34)30(20-24)38-26-12-5-2-6-13-26;33-27-19-23(15-17-29(27)37-25-7-3-1-4-8-25)31(35)21-11-13-22(14-12-21)32(36)24-16-18-30(28(34)20-24)38-26-9-5-2-6-10-26/h2*1-20H,33-34H2. The lowest BCUT2D eigenvalue weighted by Gasteiger charge is -2.11. The van der Waals surface area contributed by atoms with Crippen LogP contribution in [0, 0.1) is 0 Å². The number of para-hydroxylation sites is 4. The van der Waals surface area contributed by atoms with Gasteiger partial charge >= 0.3 is 0 Å². The molecule has 12 heteroatoms. The molecule has 0 atom stereocenters. The Kier molecular flexibility index (Phi) is 15.3. The Hall–Kier alpha value is -10.7. The summed E-state index contributed by atoms with van der Waals surface area (Å²) < 4.78 is 23.3. The summed E-state index contributed by atoms with van der Waals surface area (Å²) in [7, 11) is 0. The van der Waals surface area contributed by atoms with E-state index < -0.39 is 0 Å². The van der Waals surface area contributed by atoms with Gasteiger partial charge in [-0.1, -0.05) is 115 Å². The Morgan fingerprint density at radius 2 is 0.487 bits per heavy atom. The van der Waals surface area contributed by atoms with Crippen LogP contribution in [-0.4, -0.2) is 23.1 Å². The zero-order valence-electron chi connectivity index (χ0n) is 40.7. The Balaban J connectivity index is 0.000000186. The number of anilines is 4. The Bertz CT molecular complexity index is 3470. The minimum atomic E-state index is -0.261. The van der Waals surface area contributed by atoms with Gasteiger partial charge in [-0.2, -0.15) is 0 Å². The van der Waals surface area contributed by atoms with Crippen LogP contribution in [-0.2, 0) is 0 Å². The second kappa shape index (κ2) is 23.2. The minimum absolute atomic E-state index is 0.214. The highest BCUT2D eigenvalue weighted by atomic mass is 16.5. The molecular weight excluding hydrogens is 953 g/mol. The van der Waals surface area contributed by atoms with Gasteiger partial charge in [-0.25, -0.2) is 0 Å². The topological polar surface area (TPSA) is 209 Å². The van der Waals surface area contributed by atoms with Crippen molar-refractivity contribution in [2.75, 3.05) is 22.9 Å². The van der Waals surface area contributed by atoms with E-state index in [9.17, 15) is 19.2 Å². The van der Waals surface area contributed by atoms with Crippen LogP contribution >= 0.6 is 0 Å². The van der Waals surface area contributed by atoms with Gasteiger partial charge in [-0.15, -0.1) is 0 Å². The molecule has 12 nitrogen and oxygen atoms in total. The van der Waals surface area contributed by atoms with E-state index in [2.05, 4.69) is 0 Å². The molecule has 0 unspecified atom stereocenters. The van der Waals surface area contributed by atoms with Crippen molar-refractivity contribution >= 4 is 45.9 Å². The number of nitrogen functional groups attached to an aromatic ring is 4. The highest BCUT2D eigenvalue weighted by molar-refractivity contribution is 6.14. The Labute approximate surface area is 438 Å². The van der Waals surface area contributed by atoms with Gasteiger partial charge in [0.2, 0.25) is 0 Å². The molecule has 0 bridgehead atoms. The zero-order chi connectivity index (χ0) is 53.0. The Morgan fingerprint density at radius 1 is 0.224 bits per heavy atom. The third kappa shape index (κ3) is 12.3. The third-order valence-corrected chi connectivity index (χ3v) is 11.8. The van der Waals surface area contributed by atoms with Crippen molar-refractivity contribution in [3.05, 3.63) is 287 Å². The molecule has 76 heavy (non-hydrogen) atoms. The van der Waals surface area contributed by atoms with Gasteiger partial charge in [0.15, 0.2) is 34.6 Å². The first-order valence-corrected chi connectivity index (χ1v) is 23.8. The first-order valence-electron chi connectivity index (χ1n) is 23.8. The van der Waals surface area contributed by atoms with Gasteiger partial charge in [0.05, 0.1) is 22.7 Å². The summed E-state index contributed by atoms with van der Waals surface area (Å²) in [6, 6.07) is 69.5. The molecule has 0 aliphatic heterocycles. The molecule has 0 fully saturated rings. The monoisotopic (exact) mass is 1000 g/mol. The van der Waals surface area contributed by atoms with Crippen LogP contribution in [0.4, 0.5) is 22.7 Å². The first-order chi connectivity index (χ1) is 36.9. The maximum Gasteiger partial charge on any atom is 0.193 e. The quantitative estimate of drug-likeness (QED) is 0.0526. The van der Waals surface area contributed by atoms with E-state index in [1.807, 2.05) is 97.1 Å². The summed E-state index contributed by atoms with van der Waals surface area (Å²) >= 11 is 0. The summed E-state index contributed by atoms with van der Waals surface area (Å²) in [5.74, 6) is 3.25. The van der Waals surface area contributed by atoms with Gasteiger partial charge in [0.25, 0.3) is 0 Å². The van der Waals surface area contributed by atoms with E-state index in [-0.39, 0.29) is 23.1 Å². The van der Waals surface area contributed by atoms with Crippen LogP contribution in [0.1, 0.15) is 63.7 Å². The highest BCUT2D eigenvalue weighted by Crippen LogP contribution is 2.33. The zero-order valence-corrected chi connectivity index (χ0v) is 40.7. The summed E-state index contributed by atoms with van der Waals surface area (Å²) in [5, 5.41) is 0. The molecule has 10 aromatic carbocycles. The molecule has 0 aromatic heterocycles. The lowest BCUT2D eigenvalue weighted by atomic mass is 9.97. The average Bonchev–Trinajstić information content (AvgIpc) is 3.46. The smallest absolute Gasteiger partial charge is 0.193 e. The molecule has 8 N–H and O–H groups in total. The molecule has 0 aliphatic carbocycles. The van der Waals surface area contributed by atoms with Crippen LogP contribution in [0.25, 0.3) is 0 Å². The number of nitrogens with two attached hydrogens (primary N) is 4. The molecule has 0 aliphatic rings. The number of hydrogen-bond acceptors (Lipinski definition) is 12. The van der Waals surface area contributed by atoms with Crippen molar-refractivity contribution in [2.45, 2.75) is 0 Å². The molecule has 0 saturated carbocycles. The summed E-state index contributed by atoms with van der Waals surface area (Å²) in [6.07, 6.45) is 0. The van der Waals surface area contributed by atoms with Crippen molar-refractivity contribution in [2.24, 2.45) is 0 Å². The van der Waals surface area contributed by atoms with Crippen LogP contribution in [0.2, 0.25) is 0 Å². The summed E-state index contributed by atoms with van der Waals surface area (Å²) in [5.41, 5.74) is 29.2. The molecule has 10 aromatic rings. The van der Waals surface area contributed by atoms with Gasteiger partial charge < -0.3 is 41.9 Å². The second-order valence-electron chi connectivity index (χ2n) is 17.1. The van der Waals surface area contributed by atoms with Gasteiger partial charge in [0, 0.05) is 44.5 Å². The lowest BCUT2D eigenvalue weighted by molar-refractivity contribution is 0.102. The maximum atomic E-state index is 13.3. The number of carbonyl (C=O) groups is 4. The fourth-order valence-corrected chi connectivity index (χ4v) is 7.80. The molecule has 0 radical (unpaired) electrons. The Morgan fingerprint density at radius 3 is 0.816 bits per heavy atom. The second-order valence-corrected chi connectivity index (χ2v) is 17.1. The molecular formula is C64H48N4O8. The molecule has 0 saturated heterocycles. The predicted octanol–water partition coefficient (Wildman–Crippen LogP) is 13.8. The average molecular weight is 1000 g/mol. The lowest BCUT2D eigenvalue weighted by Crippen LogP contribution is -2.07. The summed E-state index contributed by atoms with van der Waals surface area (Å²) in [6.45, 7) is 0. The van der Waals surface area contributed by atoms with E-state index in [0.717, 1.165) is 0 Å². The van der Waals surface area contributed by atoms with E-state index in [0.29, 0.717) is 113 Å². The van der Waals surface area contributed by atoms with E-state index >= 15 is 0 Å². The fraction of sp³-hybridized carbons (Fsp3) is 0. The number of carbonyl (C=O) groups excluding carboxylic acids is 4. The number of ether oxygens (including phenoxy) is 4. The predicted molar refractivity (Wildman–Crippen MR) is 296 cm³/mol. The first kappa shape index (κ1) is 50.2. The van der Waals surface area contributed by atoms with Gasteiger partial charge in [-0.05, 0) is 127 Å². The van der Waals surface area contributed by atoms with Crippen LogP contribution in [0.15, 0.2) is 243 Å². The molecule has 0 heterocycles. The number of ketones is 4. The third-order valence-electron chi connectivity index (χ3n) is 11.8. The van der Waals surface area contributed by atoms with E-state index in [4.69, 9.17) is 41.9 Å². The minimum Gasteiger partial charge on any atom is -0.455 e. The van der Waals surface area contributed by atoms with Crippen LogP contribution in [0.5, 0.6) is 46.0 Å². The normalized spacial score (nSPS) is 10.5. The highest BCUT2D eigenvalue weighted by Gasteiger charge is 2.19.